The second-order valence-corrected chi connectivity index (χ2v) is 12.4. The summed E-state index contributed by atoms with van der Waals surface area (Å²) in [6.45, 7) is 7.13. The molecule has 1 heterocycles. The number of hydrogen-bond acceptors (Lipinski definition) is 8. The summed E-state index contributed by atoms with van der Waals surface area (Å²) in [4.78, 5) is 28.8. The maximum absolute atomic E-state index is 13.7. The Balaban J connectivity index is 0.00000705. The molecule has 1 fully saturated rings. The summed E-state index contributed by atoms with van der Waals surface area (Å²) < 4.78 is 0. The minimum absolute atomic E-state index is 0. The number of β-amino-alcohol motifs (C(OH)–C–C–N with tert-alkyl or cyclic N) is 1. The number of nitrogens with zero attached hydrogens (tertiary/aromatic N) is 1. The number of amides is 2. The highest BCUT2D eigenvalue weighted by Gasteiger charge is 2.31. The highest BCUT2D eigenvalue weighted by molar-refractivity contribution is 5.90. The van der Waals surface area contributed by atoms with Crippen LogP contribution in [-0.4, -0.2) is 91.5 Å². The zero-order chi connectivity index (χ0) is 31.7. The van der Waals surface area contributed by atoms with Gasteiger partial charge in [0.15, 0.2) is 0 Å². The minimum Gasteiger partial charge on any atom is -0.377 e. The van der Waals surface area contributed by atoms with Crippen LogP contribution in [0.2, 0.25) is 0 Å². The van der Waals surface area contributed by atoms with Crippen molar-refractivity contribution >= 4 is 24.2 Å². The topological polar surface area (TPSA) is 158 Å². The summed E-state index contributed by atoms with van der Waals surface area (Å²) in [5, 5.41) is 23.2. The highest BCUT2D eigenvalue weighted by Crippen LogP contribution is 2.11. The van der Waals surface area contributed by atoms with E-state index in [2.05, 4.69) is 59.4 Å². The smallest absolute Gasteiger partial charge is 0.245 e. The van der Waals surface area contributed by atoms with Crippen molar-refractivity contribution in [3.05, 3.63) is 71.8 Å². The zero-order valence-corrected chi connectivity index (χ0v) is 27.8. The van der Waals surface area contributed by atoms with E-state index in [0.29, 0.717) is 45.6 Å². The number of aliphatic hydroxyl groups excluding tert-OH is 1. The molecule has 1 aliphatic rings. The minimum atomic E-state index is -0.765. The first-order valence-electron chi connectivity index (χ1n) is 16.3. The van der Waals surface area contributed by atoms with Gasteiger partial charge in [-0.15, -0.1) is 12.4 Å². The van der Waals surface area contributed by atoms with Gasteiger partial charge in [-0.25, -0.2) is 0 Å². The Hall–Kier alpha value is -2.57. The Labute approximate surface area is 275 Å². The van der Waals surface area contributed by atoms with Crippen molar-refractivity contribution in [2.45, 2.75) is 82.8 Å². The lowest BCUT2D eigenvalue weighted by Crippen LogP contribution is -2.59. The quantitative estimate of drug-likeness (QED) is 0.113. The maximum Gasteiger partial charge on any atom is 0.245 e. The number of carbonyl (C=O) groups is 2. The summed E-state index contributed by atoms with van der Waals surface area (Å²) in [5.74, 6) is -0.0669. The predicted molar refractivity (Wildman–Crippen MR) is 184 cm³/mol. The lowest BCUT2D eigenvalue weighted by atomic mass is 10.00. The molecule has 5 atom stereocenters. The van der Waals surface area contributed by atoms with E-state index in [1.54, 1.807) is 4.90 Å². The number of unbranched alkanes of at least 4 members (excludes halogenated alkanes) is 1. The van der Waals surface area contributed by atoms with Gasteiger partial charge in [0, 0.05) is 38.3 Å². The van der Waals surface area contributed by atoms with E-state index in [0.717, 1.165) is 25.7 Å². The standard InChI is InChI=1S/C34H55N7O3.ClH/c1-25(2)19-31(33(43)40-30(15-9-10-16-35)34(44)41-18-17-37-32(42)24-41)39-23-29(21-27-13-7-4-8-14-27)38-22-28(36)20-26-11-5-3-6-12-26;/h3-8,11-14,25,28-32,37-39,42H,9-10,15-24,35-36H2,1-2H3,(H,40,43);1H/t28-,29-,30-,31-,32-;/m1./s1. The van der Waals surface area contributed by atoms with Gasteiger partial charge in [-0.3, -0.25) is 14.9 Å². The van der Waals surface area contributed by atoms with Crippen molar-refractivity contribution < 1.29 is 14.7 Å². The first-order valence-corrected chi connectivity index (χ1v) is 16.3. The fourth-order valence-corrected chi connectivity index (χ4v) is 5.63. The molecule has 45 heavy (non-hydrogen) atoms. The van der Waals surface area contributed by atoms with Crippen LogP contribution < -0.4 is 32.7 Å². The van der Waals surface area contributed by atoms with Gasteiger partial charge >= 0.3 is 0 Å². The van der Waals surface area contributed by atoms with Crippen LogP contribution in [0.4, 0.5) is 0 Å². The third-order valence-electron chi connectivity index (χ3n) is 8.00. The number of aliphatic hydroxyl groups is 1. The molecule has 2 amide bonds. The molecule has 0 spiro atoms. The lowest BCUT2D eigenvalue weighted by molar-refractivity contribution is -0.139. The second kappa shape index (κ2) is 21.3. The SMILES string of the molecule is CC(C)C[C@@H](NC[C@@H](Cc1ccccc1)NC[C@H](N)Cc1ccccc1)C(=O)N[C@H](CCCCN)C(=O)N1CCN[C@H](O)C1.Cl. The van der Waals surface area contributed by atoms with E-state index in [1.165, 1.54) is 11.1 Å². The molecule has 9 N–H and O–H groups in total. The monoisotopic (exact) mass is 645 g/mol. The largest absolute Gasteiger partial charge is 0.377 e. The van der Waals surface area contributed by atoms with Gasteiger partial charge in [-0.05, 0) is 62.1 Å². The average Bonchev–Trinajstić information content (AvgIpc) is 3.01. The predicted octanol–water partition coefficient (Wildman–Crippen LogP) is 1.55. The number of hydrogen-bond donors (Lipinski definition) is 7. The van der Waals surface area contributed by atoms with Crippen molar-refractivity contribution in [1.29, 1.82) is 0 Å². The first-order chi connectivity index (χ1) is 21.2. The Morgan fingerprint density at radius 2 is 1.60 bits per heavy atom. The number of piperazine rings is 1. The molecule has 0 bridgehead atoms. The van der Waals surface area contributed by atoms with E-state index >= 15 is 0 Å². The summed E-state index contributed by atoms with van der Waals surface area (Å²) in [6.07, 6.45) is 3.45. The third kappa shape index (κ3) is 14.6. The van der Waals surface area contributed by atoms with Crippen LogP contribution in [0.5, 0.6) is 0 Å². The van der Waals surface area contributed by atoms with Gasteiger partial charge in [0.25, 0.3) is 0 Å². The summed E-state index contributed by atoms with van der Waals surface area (Å²) in [7, 11) is 0. The van der Waals surface area contributed by atoms with E-state index < -0.39 is 18.3 Å². The van der Waals surface area contributed by atoms with E-state index in [1.807, 2.05) is 36.4 Å². The van der Waals surface area contributed by atoms with Crippen molar-refractivity contribution in [3.63, 3.8) is 0 Å². The van der Waals surface area contributed by atoms with Gasteiger partial charge in [0.1, 0.15) is 12.3 Å². The van der Waals surface area contributed by atoms with Crippen molar-refractivity contribution in [2.24, 2.45) is 17.4 Å². The van der Waals surface area contributed by atoms with Gasteiger partial charge in [0.05, 0.1) is 12.6 Å². The molecular formula is C34H56ClN7O3. The highest BCUT2D eigenvalue weighted by atomic mass is 35.5. The molecule has 2 aromatic carbocycles. The van der Waals surface area contributed by atoms with Gasteiger partial charge in [-0.2, -0.15) is 0 Å². The van der Waals surface area contributed by atoms with Crippen molar-refractivity contribution in [1.82, 2.24) is 26.2 Å². The Bertz CT molecular complexity index is 1100. The molecule has 3 rings (SSSR count). The first kappa shape index (κ1) is 38.6. The number of benzene rings is 2. The molecule has 11 heteroatoms. The average molecular weight is 646 g/mol. The van der Waals surface area contributed by atoms with Crippen LogP contribution in [0, 0.1) is 5.92 Å². The van der Waals surface area contributed by atoms with Crippen molar-refractivity contribution in [2.75, 3.05) is 39.3 Å². The van der Waals surface area contributed by atoms with Crippen LogP contribution >= 0.6 is 12.4 Å². The molecule has 1 saturated heterocycles. The number of nitrogens with two attached hydrogens (primary N) is 2. The Kier molecular flexibility index (Phi) is 18.2. The van der Waals surface area contributed by atoms with Crippen LogP contribution in [0.15, 0.2) is 60.7 Å². The van der Waals surface area contributed by atoms with Gasteiger partial charge in [0.2, 0.25) is 11.8 Å². The number of halogens is 1. The van der Waals surface area contributed by atoms with E-state index in [9.17, 15) is 14.7 Å². The summed E-state index contributed by atoms with van der Waals surface area (Å²) in [5.41, 5.74) is 14.6. The molecule has 2 aromatic rings. The Morgan fingerprint density at radius 3 is 2.20 bits per heavy atom. The number of nitrogens with one attached hydrogen (secondary N) is 4. The van der Waals surface area contributed by atoms with Crippen LogP contribution in [0.3, 0.4) is 0 Å². The number of carbonyl (C=O) groups excluding carboxylic acids is 2. The van der Waals surface area contributed by atoms with E-state index in [4.69, 9.17) is 11.5 Å². The second-order valence-electron chi connectivity index (χ2n) is 12.4. The molecule has 0 aromatic heterocycles. The molecule has 0 aliphatic carbocycles. The van der Waals surface area contributed by atoms with Crippen LogP contribution in [0.1, 0.15) is 50.7 Å². The molecule has 10 nitrogen and oxygen atoms in total. The molecular weight excluding hydrogens is 590 g/mol. The van der Waals surface area contributed by atoms with Gasteiger partial charge in [-0.1, -0.05) is 74.5 Å². The fourth-order valence-electron chi connectivity index (χ4n) is 5.63. The third-order valence-corrected chi connectivity index (χ3v) is 8.00. The Morgan fingerprint density at radius 1 is 0.956 bits per heavy atom. The molecule has 0 radical (unpaired) electrons. The molecule has 0 unspecified atom stereocenters. The van der Waals surface area contributed by atoms with Crippen LogP contribution in [-0.2, 0) is 22.4 Å². The lowest BCUT2D eigenvalue weighted by Gasteiger charge is -2.34. The maximum atomic E-state index is 13.7. The normalized spacial score (nSPS) is 17.6. The van der Waals surface area contributed by atoms with Gasteiger partial charge < -0.3 is 37.4 Å². The number of rotatable bonds is 19. The van der Waals surface area contributed by atoms with Crippen LogP contribution in [0.25, 0.3) is 0 Å². The molecule has 0 saturated carbocycles. The zero-order valence-electron chi connectivity index (χ0n) is 27.0. The van der Waals surface area contributed by atoms with E-state index in [-0.39, 0.29) is 48.8 Å². The summed E-state index contributed by atoms with van der Waals surface area (Å²) in [6, 6.07) is 19.4. The molecule has 252 valence electrons. The molecule has 1 aliphatic heterocycles. The summed E-state index contributed by atoms with van der Waals surface area (Å²) >= 11 is 0. The fraction of sp³-hybridized carbons (Fsp3) is 0.588. The van der Waals surface area contributed by atoms with Crippen molar-refractivity contribution in [3.8, 4) is 0 Å².